The zero-order chi connectivity index (χ0) is 18.8. The van der Waals surface area contributed by atoms with Crippen LogP contribution in [0.1, 0.15) is 23.5 Å². The number of hydrogen-bond acceptors (Lipinski definition) is 5. The Labute approximate surface area is 153 Å². The highest BCUT2D eigenvalue weighted by molar-refractivity contribution is 7.09. The van der Waals surface area contributed by atoms with Crippen LogP contribution in [0.2, 0.25) is 0 Å². The average molecular weight is 387 g/mol. The number of thiazole rings is 1. The largest absolute Gasteiger partial charge is 0.405 e. The lowest BCUT2D eigenvalue weighted by Gasteiger charge is -2.40. The average Bonchev–Trinajstić information content (AvgIpc) is 3.25. The summed E-state index contributed by atoms with van der Waals surface area (Å²) in [4.78, 5) is 19.2. The zero-order valence-electron chi connectivity index (χ0n) is 14.3. The molecule has 1 fully saturated rings. The molecular formula is C16H20F3N5OS. The van der Waals surface area contributed by atoms with Crippen molar-refractivity contribution in [3.05, 3.63) is 34.5 Å². The molecule has 0 unspecified atom stereocenters. The molecule has 0 atom stereocenters. The van der Waals surface area contributed by atoms with Crippen LogP contribution in [0.15, 0.2) is 23.8 Å². The standard InChI is InChI=1S/C16H20F3N5OS/c1-12-22-13(10-26-12)9-23-7-3-15(4-8-23,24-6-2-5-21-24)14(25)20-11-16(17,18)19/h2,5-6,10H,3-4,7-9,11H2,1H3,(H,20,25). The molecule has 6 nitrogen and oxygen atoms in total. The van der Waals surface area contributed by atoms with Crippen molar-refractivity contribution in [2.75, 3.05) is 19.6 Å². The molecule has 1 amide bonds. The van der Waals surface area contributed by atoms with Gasteiger partial charge in [0.2, 0.25) is 5.91 Å². The summed E-state index contributed by atoms with van der Waals surface area (Å²) in [6, 6.07) is 1.67. The van der Waals surface area contributed by atoms with Crippen LogP contribution < -0.4 is 5.32 Å². The van der Waals surface area contributed by atoms with Crippen LogP contribution in [0.3, 0.4) is 0 Å². The number of piperidine rings is 1. The van der Waals surface area contributed by atoms with E-state index in [2.05, 4.69) is 15.0 Å². The lowest BCUT2D eigenvalue weighted by molar-refractivity contribution is -0.146. The topological polar surface area (TPSA) is 63.1 Å². The second kappa shape index (κ2) is 7.36. The number of carbonyl (C=O) groups excluding carboxylic acids is 1. The number of carbonyl (C=O) groups is 1. The minimum absolute atomic E-state index is 0.390. The maximum absolute atomic E-state index is 12.6. The Balaban J connectivity index is 1.70. The normalized spacial score (nSPS) is 18.0. The fourth-order valence-corrected chi connectivity index (χ4v) is 3.82. The molecule has 0 aliphatic carbocycles. The van der Waals surface area contributed by atoms with Gasteiger partial charge in [-0.05, 0) is 25.8 Å². The Bertz CT molecular complexity index is 735. The number of alkyl halides is 3. The van der Waals surface area contributed by atoms with Crippen LogP contribution >= 0.6 is 11.3 Å². The minimum Gasteiger partial charge on any atom is -0.345 e. The fraction of sp³-hybridized carbons (Fsp3) is 0.562. The van der Waals surface area contributed by atoms with E-state index in [0.717, 1.165) is 10.7 Å². The fourth-order valence-electron chi connectivity index (χ4n) is 3.22. The van der Waals surface area contributed by atoms with Crippen molar-refractivity contribution in [3.63, 3.8) is 0 Å². The van der Waals surface area contributed by atoms with Gasteiger partial charge in [0.15, 0.2) is 0 Å². The molecule has 142 valence electrons. The van der Waals surface area contributed by atoms with E-state index in [1.54, 1.807) is 23.6 Å². The van der Waals surface area contributed by atoms with Crippen molar-refractivity contribution in [1.82, 2.24) is 25.0 Å². The number of nitrogens with one attached hydrogen (secondary N) is 1. The molecule has 2 aromatic heterocycles. The van der Waals surface area contributed by atoms with E-state index in [1.807, 2.05) is 17.6 Å². The van der Waals surface area contributed by atoms with Crippen molar-refractivity contribution in [2.45, 2.75) is 38.0 Å². The summed E-state index contributed by atoms with van der Waals surface area (Å²) in [5, 5.41) is 9.17. The van der Waals surface area contributed by atoms with Crippen LogP contribution in [-0.4, -0.2) is 51.4 Å². The van der Waals surface area contributed by atoms with Gasteiger partial charge in [-0.1, -0.05) is 0 Å². The van der Waals surface area contributed by atoms with Gasteiger partial charge in [-0.15, -0.1) is 11.3 Å². The molecule has 0 spiro atoms. The van der Waals surface area contributed by atoms with Gasteiger partial charge in [-0.3, -0.25) is 14.4 Å². The first kappa shape index (κ1) is 18.8. The Morgan fingerprint density at radius 2 is 2.12 bits per heavy atom. The second-order valence-electron chi connectivity index (χ2n) is 6.41. The van der Waals surface area contributed by atoms with E-state index in [9.17, 15) is 18.0 Å². The lowest BCUT2D eigenvalue weighted by atomic mass is 9.86. The van der Waals surface area contributed by atoms with Gasteiger partial charge in [-0.25, -0.2) is 4.98 Å². The number of rotatable bonds is 5. The van der Waals surface area contributed by atoms with E-state index >= 15 is 0 Å². The molecule has 1 N–H and O–H groups in total. The number of aromatic nitrogens is 3. The first-order valence-electron chi connectivity index (χ1n) is 8.27. The van der Waals surface area contributed by atoms with Crippen LogP contribution in [0.5, 0.6) is 0 Å². The van der Waals surface area contributed by atoms with Crippen molar-refractivity contribution in [2.24, 2.45) is 0 Å². The van der Waals surface area contributed by atoms with Gasteiger partial charge < -0.3 is 5.32 Å². The number of likely N-dealkylation sites (tertiary alicyclic amines) is 1. The van der Waals surface area contributed by atoms with Gasteiger partial charge >= 0.3 is 6.18 Å². The Morgan fingerprint density at radius 3 is 2.65 bits per heavy atom. The van der Waals surface area contributed by atoms with E-state index in [4.69, 9.17) is 0 Å². The van der Waals surface area contributed by atoms with Crippen molar-refractivity contribution in [3.8, 4) is 0 Å². The van der Waals surface area contributed by atoms with Crippen LogP contribution in [0.4, 0.5) is 13.2 Å². The zero-order valence-corrected chi connectivity index (χ0v) is 15.1. The second-order valence-corrected chi connectivity index (χ2v) is 7.48. The summed E-state index contributed by atoms with van der Waals surface area (Å²) in [5.74, 6) is -0.636. The maximum atomic E-state index is 12.6. The summed E-state index contributed by atoms with van der Waals surface area (Å²) in [6.07, 6.45) is -0.497. The third-order valence-electron chi connectivity index (χ3n) is 4.55. The van der Waals surface area contributed by atoms with Crippen molar-refractivity contribution >= 4 is 17.2 Å². The minimum atomic E-state index is -4.44. The van der Waals surface area contributed by atoms with Crippen LogP contribution in [-0.2, 0) is 16.9 Å². The first-order valence-corrected chi connectivity index (χ1v) is 9.15. The summed E-state index contributed by atoms with van der Waals surface area (Å²) in [6.45, 7) is 2.43. The van der Waals surface area contributed by atoms with E-state index in [-0.39, 0.29) is 0 Å². The highest BCUT2D eigenvalue weighted by Crippen LogP contribution is 2.31. The monoisotopic (exact) mass is 387 g/mol. The molecule has 0 aromatic carbocycles. The predicted octanol–water partition coefficient (Wildman–Crippen LogP) is 2.32. The third kappa shape index (κ3) is 4.24. The summed E-state index contributed by atoms with van der Waals surface area (Å²) < 4.78 is 39.0. The van der Waals surface area contributed by atoms with E-state index in [0.29, 0.717) is 32.5 Å². The maximum Gasteiger partial charge on any atom is 0.405 e. The van der Waals surface area contributed by atoms with E-state index < -0.39 is 24.2 Å². The predicted molar refractivity (Wildman–Crippen MR) is 90.6 cm³/mol. The Kier molecular flexibility index (Phi) is 5.33. The summed E-state index contributed by atoms with van der Waals surface area (Å²) >= 11 is 1.58. The van der Waals surface area contributed by atoms with Gasteiger partial charge in [0, 0.05) is 37.4 Å². The van der Waals surface area contributed by atoms with Gasteiger partial charge in [-0.2, -0.15) is 18.3 Å². The number of amides is 1. The molecular weight excluding hydrogens is 367 g/mol. The molecule has 10 heteroatoms. The molecule has 0 bridgehead atoms. The quantitative estimate of drug-likeness (QED) is 0.855. The molecule has 3 heterocycles. The Hall–Kier alpha value is -1.94. The molecule has 1 saturated heterocycles. The van der Waals surface area contributed by atoms with Crippen LogP contribution in [0.25, 0.3) is 0 Å². The van der Waals surface area contributed by atoms with E-state index in [1.165, 1.54) is 10.9 Å². The first-order chi connectivity index (χ1) is 12.3. The number of aryl methyl sites for hydroxylation is 1. The molecule has 2 aromatic rings. The molecule has 1 aliphatic rings. The SMILES string of the molecule is Cc1nc(CN2CCC(C(=O)NCC(F)(F)F)(n3cccn3)CC2)cs1. The van der Waals surface area contributed by atoms with Gasteiger partial charge in [0.05, 0.1) is 10.7 Å². The highest BCUT2D eigenvalue weighted by atomic mass is 32.1. The van der Waals surface area contributed by atoms with Gasteiger partial charge in [0.1, 0.15) is 12.1 Å². The Morgan fingerprint density at radius 1 is 1.38 bits per heavy atom. The smallest absolute Gasteiger partial charge is 0.345 e. The molecule has 0 saturated carbocycles. The highest BCUT2D eigenvalue weighted by Gasteiger charge is 2.44. The molecule has 1 aliphatic heterocycles. The number of hydrogen-bond donors (Lipinski definition) is 1. The van der Waals surface area contributed by atoms with Crippen molar-refractivity contribution in [1.29, 1.82) is 0 Å². The van der Waals surface area contributed by atoms with Crippen LogP contribution in [0, 0.1) is 6.92 Å². The number of halogens is 3. The van der Waals surface area contributed by atoms with Crippen molar-refractivity contribution < 1.29 is 18.0 Å². The molecule has 0 radical (unpaired) electrons. The summed E-state index contributed by atoms with van der Waals surface area (Å²) in [5.41, 5.74) is -0.121. The third-order valence-corrected chi connectivity index (χ3v) is 5.37. The molecule has 26 heavy (non-hydrogen) atoms. The molecule has 3 rings (SSSR count). The van der Waals surface area contributed by atoms with Gasteiger partial charge in [0.25, 0.3) is 0 Å². The number of nitrogens with zero attached hydrogens (tertiary/aromatic N) is 4. The lowest BCUT2D eigenvalue weighted by Crippen LogP contribution is -2.56. The summed E-state index contributed by atoms with van der Waals surface area (Å²) in [7, 11) is 0.